The van der Waals surface area contributed by atoms with Gasteiger partial charge in [-0.1, -0.05) is 22.0 Å². The van der Waals surface area contributed by atoms with Crippen molar-refractivity contribution in [2.45, 2.75) is 0 Å². The standard InChI is InChI=1S/C18H12BrF2N3O/c19-11-6-7-16(15(21)9-11)24-18(25)14-5-2-8-22-17(14)23-13-4-1-3-12(20)10-13/h1-10H,(H,22,23)(H,24,25). The minimum atomic E-state index is -0.564. The minimum absolute atomic E-state index is 0.0498. The molecule has 7 heteroatoms. The summed E-state index contributed by atoms with van der Waals surface area (Å²) in [4.78, 5) is 16.6. The molecular formula is C18H12BrF2N3O. The maximum Gasteiger partial charge on any atom is 0.259 e. The van der Waals surface area contributed by atoms with E-state index in [9.17, 15) is 13.6 Å². The number of carbonyl (C=O) groups is 1. The summed E-state index contributed by atoms with van der Waals surface area (Å²) in [5.74, 6) is -1.27. The van der Waals surface area contributed by atoms with Crippen LogP contribution in [0.2, 0.25) is 0 Å². The third kappa shape index (κ3) is 4.19. The van der Waals surface area contributed by atoms with Gasteiger partial charge in [0.2, 0.25) is 0 Å². The molecule has 0 bridgehead atoms. The average Bonchev–Trinajstić information content (AvgIpc) is 2.58. The van der Waals surface area contributed by atoms with Gasteiger partial charge in [-0.3, -0.25) is 4.79 Å². The number of hydrogen-bond donors (Lipinski definition) is 2. The number of amides is 1. The molecule has 126 valence electrons. The van der Waals surface area contributed by atoms with E-state index in [1.165, 1.54) is 36.5 Å². The number of nitrogens with one attached hydrogen (secondary N) is 2. The summed E-state index contributed by atoms with van der Waals surface area (Å²) in [5.41, 5.74) is 0.699. The van der Waals surface area contributed by atoms with Gasteiger partial charge >= 0.3 is 0 Å². The number of rotatable bonds is 4. The smallest absolute Gasteiger partial charge is 0.259 e. The van der Waals surface area contributed by atoms with Crippen molar-refractivity contribution in [3.05, 3.63) is 82.5 Å². The maximum atomic E-state index is 13.9. The van der Waals surface area contributed by atoms with Crippen LogP contribution >= 0.6 is 15.9 Å². The molecule has 0 unspecified atom stereocenters. The molecule has 1 heterocycles. The first kappa shape index (κ1) is 17.0. The number of aromatic nitrogens is 1. The molecule has 0 aliphatic carbocycles. The first-order chi connectivity index (χ1) is 12.0. The van der Waals surface area contributed by atoms with Crippen LogP contribution in [-0.2, 0) is 0 Å². The second-order valence-electron chi connectivity index (χ2n) is 5.11. The summed E-state index contributed by atoms with van der Waals surface area (Å²) in [6, 6.07) is 13.2. The fourth-order valence-corrected chi connectivity index (χ4v) is 2.50. The van der Waals surface area contributed by atoms with Crippen molar-refractivity contribution in [2.75, 3.05) is 10.6 Å². The fraction of sp³-hybridized carbons (Fsp3) is 0. The Labute approximate surface area is 151 Å². The highest BCUT2D eigenvalue weighted by atomic mass is 79.9. The van der Waals surface area contributed by atoms with Gasteiger partial charge in [-0.05, 0) is 48.5 Å². The summed E-state index contributed by atoms with van der Waals surface area (Å²) >= 11 is 3.16. The second kappa shape index (κ2) is 7.40. The number of hydrogen-bond acceptors (Lipinski definition) is 3. The number of nitrogens with zero attached hydrogens (tertiary/aromatic N) is 1. The second-order valence-corrected chi connectivity index (χ2v) is 6.03. The Morgan fingerprint density at radius 1 is 1.04 bits per heavy atom. The Hall–Kier alpha value is -2.80. The Kier molecular flexibility index (Phi) is 5.04. The molecular weight excluding hydrogens is 392 g/mol. The van der Waals surface area contributed by atoms with Gasteiger partial charge in [-0.15, -0.1) is 0 Å². The Balaban J connectivity index is 1.85. The molecule has 0 spiro atoms. The minimum Gasteiger partial charge on any atom is -0.339 e. The van der Waals surface area contributed by atoms with Crippen LogP contribution in [0.3, 0.4) is 0 Å². The van der Waals surface area contributed by atoms with Crippen LogP contribution in [0.5, 0.6) is 0 Å². The number of benzene rings is 2. The van der Waals surface area contributed by atoms with Crippen molar-refractivity contribution in [2.24, 2.45) is 0 Å². The van der Waals surface area contributed by atoms with E-state index in [2.05, 4.69) is 31.5 Å². The molecule has 0 atom stereocenters. The van der Waals surface area contributed by atoms with Crippen LogP contribution in [0.25, 0.3) is 0 Å². The van der Waals surface area contributed by atoms with Crippen molar-refractivity contribution in [3.63, 3.8) is 0 Å². The Morgan fingerprint density at radius 3 is 2.64 bits per heavy atom. The van der Waals surface area contributed by atoms with Gasteiger partial charge in [-0.25, -0.2) is 13.8 Å². The maximum absolute atomic E-state index is 13.9. The monoisotopic (exact) mass is 403 g/mol. The SMILES string of the molecule is O=C(Nc1ccc(Br)cc1F)c1cccnc1Nc1cccc(F)c1. The van der Waals surface area contributed by atoms with Gasteiger partial charge in [0.15, 0.2) is 0 Å². The molecule has 2 aromatic carbocycles. The molecule has 3 aromatic rings. The lowest BCUT2D eigenvalue weighted by molar-refractivity contribution is 0.102. The molecule has 0 fully saturated rings. The van der Waals surface area contributed by atoms with Crippen molar-refractivity contribution in [1.82, 2.24) is 4.98 Å². The third-order valence-electron chi connectivity index (χ3n) is 3.32. The van der Waals surface area contributed by atoms with Gasteiger partial charge < -0.3 is 10.6 Å². The van der Waals surface area contributed by atoms with E-state index < -0.39 is 17.5 Å². The quantitative estimate of drug-likeness (QED) is 0.635. The van der Waals surface area contributed by atoms with E-state index in [1.807, 2.05) is 0 Å². The first-order valence-corrected chi connectivity index (χ1v) is 8.06. The summed E-state index contributed by atoms with van der Waals surface area (Å²) in [6.07, 6.45) is 1.50. The van der Waals surface area contributed by atoms with Gasteiger partial charge in [-0.2, -0.15) is 0 Å². The van der Waals surface area contributed by atoms with Crippen molar-refractivity contribution < 1.29 is 13.6 Å². The van der Waals surface area contributed by atoms with Crippen LogP contribution in [0.15, 0.2) is 65.3 Å². The highest BCUT2D eigenvalue weighted by Crippen LogP contribution is 2.23. The lowest BCUT2D eigenvalue weighted by Crippen LogP contribution is -2.15. The Morgan fingerprint density at radius 2 is 1.88 bits per heavy atom. The summed E-state index contributed by atoms with van der Waals surface area (Å²) in [6.45, 7) is 0. The van der Waals surface area contributed by atoms with Crippen LogP contribution in [0.4, 0.5) is 26.0 Å². The topological polar surface area (TPSA) is 54.0 Å². The predicted molar refractivity (Wildman–Crippen MR) is 96.0 cm³/mol. The number of anilines is 3. The van der Waals surface area contributed by atoms with Crippen LogP contribution in [0, 0.1) is 11.6 Å². The van der Waals surface area contributed by atoms with E-state index in [1.54, 1.807) is 24.3 Å². The summed E-state index contributed by atoms with van der Waals surface area (Å²) in [5, 5.41) is 5.39. The molecule has 0 saturated heterocycles. The zero-order chi connectivity index (χ0) is 17.8. The molecule has 3 rings (SSSR count). The molecule has 1 aromatic heterocycles. The fourth-order valence-electron chi connectivity index (χ4n) is 2.17. The molecule has 0 aliphatic heterocycles. The largest absolute Gasteiger partial charge is 0.339 e. The zero-order valence-corrected chi connectivity index (χ0v) is 14.3. The molecule has 2 N–H and O–H groups in total. The van der Waals surface area contributed by atoms with E-state index in [0.29, 0.717) is 10.2 Å². The highest BCUT2D eigenvalue weighted by Gasteiger charge is 2.15. The van der Waals surface area contributed by atoms with Crippen LogP contribution < -0.4 is 10.6 Å². The van der Waals surface area contributed by atoms with Gasteiger partial charge in [0, 0.05) is 16.4 Å². The van der Waals surface area contributed by atoms with E-state index in [0.717, 1.165) is 0 Å². The summed E-state index contributed by atoms with van der Waals surface area (Å²) in [7, 11) is 0. The van der Waals surface area contributed by atoms with Crippen molar-refractivity contribution in [1.29, 1.82) is 0 Å². The molecule has 0 saturated carbocycles. The van der Waals surface area contributed by atoms with Crippen LogP contribution in [-0.4, -0.2) is 10.9 Å². The Bertz CT molecular complexity index is 934. The third-order valence-corrected chi connectivity index (χ3v) is 3.81. The number of carbonyl (C=O) groups excluding carboxylic acids is 1. The molecule has 0 aliphatic rings. The first-order valence-electron chi connectivity index (χ1n) is 7.27. The molecule has 25 heavy (non-hydrogen) atoms. The summed E-state index contributed by atoms with van der Waals surface area (Å²) < 4.78 is 27.8. The predicted octanol–water partition coefficient (Wildman–Crippen LogP) is 5.12. The van der Waals surface area contributed by atoms with E-state index in [-0.39, 0.29) is 17.1 Å². The molecule has 1 amide bonds. The molecule has 4 nitrogen and oxygen atoms in total. The lowest BCUT2D eigenvalue weighted by atomic mass is 10.2. The normalized spacial score (nSPS) is 10.4. The average molecular weight is 404 g/mol. The van der Waals surface area contributed by atoms with E-state index in [4.69, 9.17) is 0 Å². The van der Waals surface area contributed by atoms with Crippen molar-refractivity contribution >= 4 is 39.0 Å². The highest BCUT2D eigenvalue weighted by molar-refractivity contribution is 9.10. The van der Waals surface area contributed by atoms with Gasteiger partial charge in [0.1, 0.15) is 17.5 Å². The number of halogens is 3. The molecule has 0 radical (unpaired) electrons. The zero-order valence-electron chi connectivity index (χ0n) is 12.8. The lowest BCUT2D eigenvalue weighted by Gasteiger charge is -2.12. The number of pyridine rings is 1. The van der Waals surface area contributed by atoms with E-state index >= 15 is 0 Å². The van der Waals surface area contributed by atoms with Crippen LogP contribution in [0.1, 0.15) is 10.4 Å². The van der Waals surface area contributed by atoms with Gasteiger partial charge in [0.25, 0.3) is 5.91 Å². The van der Waals surface area contributed by atoms with Crippen molar-refractivity contribution in [3.8, 4) is 0 Å². The van der Waals surface area contributed by atoms with Gasteiger partial charge in [0.05, 0.1) is 11.3 Å².